The largest absolute Gasteiger partial charge is 0.363 e. The summed E-state index contributed by atoms with van der Waals surface area (Å²) >= 11 is 0. The van der Waals surface area contributed by atoms with Gasteiger partial charge in [-0.2, -0.15) is 5.10 Å². The van der Waals surface area contributed by atoms with Gasteiger partial charge in [0.05, 0.1) is 4.92 Å². The molecule has 1 saturated heterocycles. The van der Waals surface area contributed by atoms with Gasteiger partial charge in [-0.3, -0.25) is 15.0 Å². The van der Waals surface area contributed by atoms with Crippen LogP contribution in [-0.2, 0) is 6.54 Å². The van der Waals surface area contributed by atoms with Crippen LogP contribution in [0.15, 0.2) is 0 Å². The molecule has 2 heterocycles. The highest BCUT2D eigenvalue weighted by Crippen LogP contribution is 2.28. The Hall–Kier alpha value is -1.67. The van der Waals surface area contributed by atoms with E-state index in [-0.39, 0.29) is 10.6 Å². The van der Waals surface area contributed by atoms with Gasteiger partial charge in [-0.25, -0.2) is 4.68 Å². The van der Waals surface area contributed by atoms with E-state index in [4.69, 9.17) is 0 Å². The van der Waals surface area contributed by atoms with E-state index < -0.39 is 0 Å². The molecule has 1 aliphatic rings. The molecule has 0 aromatic carbocycles. The van der Waals surface area contributed by atoms with Gasteiger partial charge in [0.2, 0.25) is 5.82 Å². The third kappa shape index (κ3) is 3.92. The highest BCUT2D eigenvalue weighted by atomic mass is 16.6. The molecule has 1 fully saturated rings. The lowest BCUT2D eigenvalue weighted by molar-refractivity contribution is -0.384. The molecular weight excluding hydrogens is 272 g/mol. The Morgan fingerprint density at radius 3 is 2.71 bits per heavy atom. The van der Waals surface area contributed by atoms with Crippen LogP contribution in [0.2, 0.25) is 0 Å². The molecule has 8 heteroatoms. The first-order chi connectivity index (χ1) is 10.1. The minimum absolute atomic E-state index is 0.101. The summed E-state index contributed by atoms with van der Waals surface area (Å²) in [6.45, 7) is 10.0. The van der Waals surface area contributed by atoms with Gasteiger partial charge in [-0.1, -0.05) is 6.92 Å². The lowest BCUT2D eigenvalue weighted by Gasteiger charge is -2.27. The van der Waals surface area contributed by atoms with Crippen LogP contribution in [0.5, 0.6) is 0 Å². The molecule has 118 valence electrons. The second-order valence-corrected chi connectivity index (χ2v) is 5.28. The molecule has 0 aliphatic carbocycles. The quantitative estimate of drug-likeness (QED) is 0.572. The van der Waals surface area contributed by atoms with Gasteiger partial charge in [0.15, 0.2) is 0 Å². The van der Waals surface area contributed by atoms with Crippen LogP contribution in [0.25, 0.3) is 0 Å². The third-order valence-corrected chi connectivity index (χ3v) is 3.64. The van der Waals surface area contributed by atoms with Crippen molar-refractivity contribution in [3.05, 3.63) is 15.8 Å². The minimum atomic E-state index is -0.346. The van der Waals surface area contributed by atoms with Crippen LogP contribution in [0.4, 0.5) is 11.5 Å². The molecule has 2 rings (SSSR count). The van der Waals surface area contributed by atoms with Crippen LogP contribution in [0.3, 0.4) is 0 Å². The number of nitrogens with zero attached hydrogens (tertiary/aromatic N) is 4. The molecule has 8 nitrogen and oxygen atoms in total. The van der Waals surface area contributed by atoms with Gasteiger partial charge in [-0.15, -0.1) is 0 Å². The van der Waals surface area contributed by atoms with E-state index in [0.717, 1.165) is 39.1 Å². The molecule has 1 aromatic heterocycles. The zero-order chi connectivity index (χ0) is 15.2. The van der Waals surface area contributed by atoms with Gasteiger partial charge in [-0.05, 0) is 13.3 Å². The van der Waals surface area contributed by atoms with Crippen molar-refractivity contribution < 1.29 is 4.92 Å². The summed E-state index contributed by atoms with van der Waals surface area (Å²) in [7, 11) is 0. The van der Waals surface area contributed by atoms with Gasteiger partial charge < -0.3 is 10.6 Å². The first-order valence-corrected chi connectivity index (χ1v) is 7.52. The maximum Gasteiger partial charge on any atom is 0.333 e. The average molecular weight is 296 g/mol. The fourth-order valence-corrected chi connectivity index (χ4v) is 2.61. The second-order valence-electron chi connectivity index (χ2n) is 5.28. The SMILES string of the molecule is CCCn1nc(C)c([N+](=O)[O-])c1NCCN1CCNCC1. The lowest BCUT2D eigenvalue weighted by atomic mass is 10.3. The monoisotopic (exact) mass is 296 g/mol. The Morgan fingerprint density at radius 2 is 2.10 bits per heavy atom. The topological polar surface area (TPSA) is 88.3 Å². The number of anilines is 1. The van der Waals surface area contributed by atoms with E-state index in [1.807, 2.05) is 6.92 Å². The maximum absolute atomic E-state index is 11.2. The van der Waals surface area contributed by atoms with Crippen molar-refractivity contribution in [2.75, 3.05) is 44.6 Å². The van der Waals surface area contributed by atoms with Crippen LogP contribution in [0.1, 0.15) is 19.0 Å². The Labute approximate surface area is 124 Å². The highest BCUT2D eigenvalue weighted by Gasteiger charge is 2.24. The summed E-state index contributed by atoms with van der Waals surface area (Å²) < 4.78 is 1.71. The minimum Gasteiger partial charge on any atom is -0.363 e. The molecule has 1 aromatic rings. The Bertz CT molecular complexity index is 481. The molecular formula is C13H24N6O2. The zero-order valence-corrected chi connectivity index (χ0v) is 12.8. The molecule has 0 bridgehead atoms. The van der Waals surface area contributed by atoms with Crippen molar-refractivity contribution in [2.45, 2.75) is 26.8 Å². The van der Waals surface area contributed by atoms with Crippen molar-refractivity contribution in [1.29, 1.82) is 0 Å². The molecule has 0 saturated carbocycles. The number of hydrogen-bond acceptors (Lipinski definition) is 6. The van der Waals surface area contributed by atoms with Crippen LogP contribution < -0.4 is 10.6 Å². The second kappa shape index (κ2) is 7.37. The van der Waals surface area contributed by atoms with E-state index in [9.17, 15) is 10.1 Å². The number of aryl methyl sites for hydroxylation is 2. The Morgan fingerprint density at radius 1 is 1.38 bits per heavy atom. The molecule has 0 amide bonds. The van der Waals surface area contributed by atoms with Crippen LogP contribution >= 0.6 is 0 Å². The molecule has 2 N–H and O–H groups in total. The van der Waals surface area contributed by atoms with E-state index in [1.165, 1.54) is 0 Å². The van der Waals surface area contributed by atoms with E-state index in [1.54, 1.807) is 11.6 Å². The molecule has 0 radical (unpaired) electrons. The predicted molar refractivity (Wildman–Crippen MR) is 81.7 cm³/mol. The molecule has 0 unspecified atom stereocenters. The summed E-state index contributed by atoms with van der Waals surface area (Å²) in [5.74, 6) is 0.537. The highest BCUT2D eigenvalue weighted by molar-refractivity contribution is 5.59. The molecule has 0 spiro atoms. The summed E-state index contributed by atoms with van der Waals surface area (Å²) in [6, 6.07) is 0. The molecule has 0 atom stereocenters. The molecule has 1 aliphatic heterocycles. The number of aromatic nitrogens is 2. The van der Waals surface area contributed by atoms with Gasteiger partial charge in [0, 0.05) is 45.8 Å². The summed E-state index contributed by atoms with van der Waals surface area (Å²) in [6.07, 6.45) is 0.894. The Kier molecular flexibility index (Phi) is 5.51. The first kappa shape index (κ1) is 15.7. The summed E-state index contributed by atoms with van der Waals surface area (Å²) in [5.41, 5.74) is 0.571. The van der Waals surface area contributed by atoms with Crippen molar-refractivity contribution in [1.82, 2.24) is 20.0 Å². The van der Waals surface area contributed by atoms with Crippen molar-refractivity contribution in [3.8, 4) is 0 Å². The van der Waals surface area contributed by atoms with E-state index >= 15 is 0 Å². The van der Waals surface area contributed by atoms with Crippen LogP contribution in [-0.4, -0.2) is 58.9 Å². The number of rotatable bonds is 7. The van der Waals surface area contributed by atoms with Gasteiger partial charge in [0.1, 0.15) is 5.69 Å². The number of nitrogens with one attached hydrogen (secondary N) is 2. The standard InChI is InChI=1S/C13H24N6O2/c1-3-7-18-13(12(19(20)21)11(2)16-18)15-6-10-17-8-4-14-5-9-17/h14-15H,3-10H2,1-2H3. The predicted octanol–water partition coefficient (Wildman–Crippen LogP) is 0.827. The normalized spacial score (nSPS) is 16.1. The summed E-state index contributed by atoms with van der Waals surface area (Å²) in [4.78, 5) is 13.2. The fraction of sp³-hybridized carbons (Fsp3) is 0.769. The summed E-state index contributed by atoms with van der Waals surface area (Å²) in [5, 5.41) is 22.0. The van der Waals surface area contributed by atoms with Gasteiger partial charge >= 0.3 is 5.69 Å². The van der Waals surface area contributed by atoms with Crippen molar-refractivity contribution >= 4 is 11.5 Å². The lowest BCUT2D eigenvalue weighted by Crippen LogP contribution is -2.45. The van der Waals surface area contributed by atoms with Crippen molar-refractivity contribution in [3.63, 3.8) is 0 Å². The zero-order valence-electron chi connectivity index (χ0n) is 12.8. The smallest absolute Gasteiger partial charge is 0.333 e. The number of nitro groups is 1. The average Bonchev–Trinajstić information content (AvgIpc) is 2.76. The number of piperazine rings is 1. The third-order valence-electron chi connectivity index (χ3n) is 3.64. The van der Waals surface area contributed by atoms with Crippen molar-refractivity contribution in [2.24, 2.45) is 0 Å². The first-order valence-electron chi connectivity index (χ1n) is 7.52. The van der Waals surface area contributed by atoms with E-state index in [2.05, 4.69) is 20.6 Å². The number of hydrogen-bond donors (Lipinski definition) is 2. The van der Waals surface area contributed by atoms with Gasteiger partial charge in [0.25, 0.3) is 0 Å². The Balaban J connectivity index is 2.01. The maximum atomic E-state index is 11.2. The molecule has 21 heavy (non-hydrogen) atoms. The van der Waals surface area contributed by atoms with Crippen LogP contribution in [0, 0.1) is 17.0 Å². The fourth-order valence-electron chi connectivity index (χ4n) is 2.61. The van der Waals surface area contributed by atoms with E-state index in [0.29, 0.717) is 24.6 Å².